The summed E-state index contributed by atoms with van der Waals surface area (Å²) in [6, 6.07) is 20.3. The number of rotatable bonds is 9. The predicted molar refractivity (Wildman–Crippen MR) is 109 cm³/mol. The Morgan fingerprint density at radius 2 is 0.964 bits per heavy atom. The standard InChI is InChI=1S/C22H24N6/c1(9-15-27-17-21(23-25-27)19-11-5-3-6-12-19)2-10-16-28-18-22(24-26-28)20-13-7-4-8-14-20/h3-8,11-14,17-18H,1-2,9-10,15-16H2. The van der Waals surface area contributed by atoms with Crippen LogP contribution >= 0.6 is 0 Å². The van der Waals surface area contributed by atoms with E-state index in [4.69, 9.17) is 0 Å². The molecule has 28 heavy (non-hydrogen) atoms. The molecule has 0 aliphatic carbocycles. The Morgan fingerprint density at radius 1 is 0.536 bits per heavy atom. The largest absolute Gasteiger partial charge is 0.252 e. The van der Waals surface area contributed by atoms with Gasteiger partial charge in [0.15, 0.2) is 0 Å². The van der Waals surface area contributed by atoms with E-state index < -0.39 is 0 Å². The second-order valence-corrected chi connectivity index (χ2v) is 6.88. The molecule has 142 valence electrons. The van der Waals surface area contributed by atoms with Crippen molar-refractivity contribution in [2.75, 3.05) is 0 Å². The van der Waals surface area contributed by atoms with E-state index in [1.165, 1.54) is 12.8 Å². The number of benzene rings is 2. The molecule has 4 aromatic rings. The van der Waals surface area contributed by atoms with Crippen molar-refractivity contribution in [3.63, 3.8) is 0 Å². The Morgan fingerprint density at radius 3 is 1.39 bits per heavy atom. The van der Waals surface area contributed by atoms with Crippen LogP contribution in [0.15, 0.2) is 73.1 Å². The van der Waals surface area contributed by atoms with E-state index in [1.807, 2.05) is 58.2 Å². The molecule has 2 aromatic carbocycles. The molecule has 0 amide bonds. The highest BCUT2D eigenvalue weighted by atomic mass is 15.4. The van der Waals surface area contributed by atoms with Crippen molar-refractivity contribution < 1.29 is 0 Å². The molecule has 6 nitrogen and oxygen atoms in total. The maximum atomic E-state index is 4.26. The van der Waals surface area contributed by atoms with E-state index in [0.717, 1.165) is 48.4 Å². The third-order valence-corrected chi connectivity index (χ3v) is 4.74. The van der Waals surface area contributed by atoms with E-state index in [1.54, 1.807) is 0 Å². The van der Waals surface area contributed by atoms with Gasteiger partial charge < -0.3 is 0 Å². The second kappa shape index (κ2) is 9.08. The molecule has 0 saturated carbocycles. The molecule has 0 aliphatic rings. The van der Waals surface area contributed by atoms with Crippen molar-refractivity contribution in [3.05, 3.63) is 73.1 Å². The minimum atomic E-state index is 0.904. The number of nitrogens with zero attached hydrogens (tertiary/aromatic N) is 6. The number of hydrogen-bond donors (Lipinski definition) is 0. The van der Waals surface area contributed by atoms with Crippen LogP contribution in [-0.2, 0) is 13.1 Å². The van der Waals surface area contributed by atoms with Crippen molar-refractivity contribution in [3.8, 4) is 22.5 Å². The number of hydrogen-bond acceptors (Lipinski definition) is 4. The zero-order valence-corrected chi connectivity index (χ0v) is 15.9. The first kappa shape index (κ1) is 18.1. The van der Waals surface area contributed by atoms with Crippen LogP contribution in [0.1, 0.15) is 25.7 Å². The van der Waals surface area contributed by atoms with Crippen molar-refractivity contribution in [2.45, 2.75) is 38.8 Å². The van der Waals surface area contributed by atoms with Crippen LogP contribution in [0.3, 0.4) is 0 Å². The normalized spacial score (nSPS) is 11.0. The highest BCUT2D eigenvalue weighted by molar-refractivity contribution is 5.57. The summed E-state index contributed by atoms with van der Waals surface area (Å²) < 4.78 is 3.87. The second-order valence-electron chi connectivity index (χ2n) is 6.88. The Kier molecular flexibility index (Phi) is 5.87. The van der Waals surface area contributed by atoms with Crippen LogP contribution < -0.4 is 0 Å². The summed E-state index contributed by atoms with van der Waals surface area (Å²) in [6.07, 6.45) is 8.58. The lowest BCUT2D eigenvalue weighted by Gasteiger charge is -2.02. The molecule has 4 rings (SSSR count). The lowest BCUT2D eigenvalue weighted by atomic mass is 10.2. The van der Waals surface area contributed by atoms with Gasteiger partial charge in [0, 0.05) is 24.2 Å². The fraction of sp³-hybridized carbons (Fsp3) is 0.273. The molecular weight excluding hydrogens is 348 g/mol. The van der Waals surface area contributed by atoms with Gasteiger partial charge in [-0.3, -0.25) is 9.36 Å². The molecule has 0 radical (unpaired) electrons. The highest BCUT2D eigenvalue weighted by Gasteiger charge is 2.04. The first-order valence-electron chi connectivity index (χ1n) is 9.79. The summed E-state index contributed by atoms with van der Waals surface area (Å²) in [4.78, 5) is 0. The van der Waals surface area contributed by atoms with Gasteiger partial charge in [-0.1, -0.05) is 83.9 Å². The molecule has 0 fully saturated rings. The molecule has 0 aliphatic heterocycles. The fourth-order valence-electron chi connectivity index (χ4n) is 3.20. The van der Waals surface area contributed by atoms with Crippen LogP contribution in [0, 0.1) is 0 Å². The van der Waals surface area contributed by atoms with E-state index in [9.17, 15) is 0 Å². The molecule has 2 aromatic heterocycles. The molecule has 2 heterocycles. The van der Waals surface area contributed by atoms with Crippen molar-refractivity contribution in [1.82, 2.24) is 30.0 Å². The van der Waals surface area contributed by atoms with E-state index >= 15 is 0 Å². The highest BCUT2D eigenvalue weighted by Crippen LogP contribution is 2.16. The van der Waals surface area contributed by atoms with Gasteiger partial charge in [0.05, 0.1) is 12.4 Å². The lowest BCUT2D eigenvalue weighted by molar-refractivity contribution is 0.490. The first-order chi connectivity index (χ1) is 13.9. The van der Waals surface area contributed by atoms with Crippen LogP contribution in [0.2, 0.25) is 0 Å². The Hall–Kier alpha value is -3.28. The predicted octanol–water partition coefficient (Wildman–Crippen LogP) is 4.46. The fourth-order valence-corrected chi connectivity index (χ4v) is 3.20. The minimum absolute atomic E-state index is 0.904. The topological polar surface area (TPSA) is 61.4 Å². The zero-order valence-electron chi connectivity index (χ0n) is 15.9. The van der Waals surface area contributed by atoms with Crippen LogP contribution in [0.4, 0.5) is 0 Å². The Labute approximate surface area is 164 Å². The number of aryl methyl sites for hydroxylation is 2. The maximum Gasteiger partial charge on any atom is 0.113 e. The van der Waals surface area contributed by atoms with Gasteiger partial charge in [0.25, 0.3) is 0 Å². The quantitative estimate of drug-likeness (QED) is 0.407. The van der Waals surface area contributed by atoms with E-state index in [2.05, 4.69) is 44.9 Å². The summed E-state index contributed by atoms with van der Waals surface area (Å²) in [5, 5.41) is 17.0. The molecule has 0 atom stereocenters. The third kappa shape index (κ3) is 4.71. The summed E-state index contributed by atoms with van der Waals surface area (Å²) in [5.74, 6) is 0. The summed E-state index contributed by atoms with van der Waals surface area (Å²) in [5.41, 5.74) is 4.08. The number of unbranched alkanes of at least 4 members (excludes halogenated alkanes) is 3. The zero-order chi connectivity index (χ0) is 19.0. The van der Waals surface area contributed by atoms with Gasteiger partial charge in [-0.25, -0.2) is 0 Å². The average molecular weight is 372 g/mol. The van der Waals surface area contributed by atoms with Crippen molar-refractivity contribution in [2.24, 2.45) is 0 Å². The van der Waals surface area contributed by atoms with Crippen LogP contribution in [0.5, 0.6) is 0 Å². The average Bonchev–Trinajstić information content (AvgIpc) is 3.42. The van der Waals surface area contributed by atoms with E-state index in [-0.39, 0.29) is 0 Å². The third-order valence-electron chi connectivity index (χ3n) is 4.74. The lowest BCUT2D eigenvalue weighted by Crippen LogP contribution is -2.01. The van der Waals surface area contributed by atoms with Crippen molar-refractivity contribution >= 4 is 0 Å². The van der Waals surface area contributed by atoms with Gasteiger partial charge in [0.1, 0.15) is 11.4 Å². The smallest absolute Gasteiger partial charge is 0.113 e. The Bertz CT molecular complexity index is 893. The van der Waals surface area contributed by atoms with Crippen LogP contribution in [-0.4, -0.2) is 30.0 Å². The molecule has 6 heteroatoms. The van der Waals surface area contributed by atoms with Gasteiger partial charge in [-0.05, 0) is 12.8 Å². The first-order valence-corrected chi connectivity index (χ1v) is 9.79. The van der Waals surface area contributed by atoms with Gasteiger partial charge >= 0.3 is 0 Å². The summed E-state index contributed by atoms with van der Waals surface area (Å²) in [7, 11) is 0. The maximum absolute atomic E-state index is 4.26. The van der Waals surface area contributed by atoms with Gasteiger partial charge in [-0.15, -0.1) is 10.2 Å². The SMILES string of the molecule is c1ccc(-c2cn(CCCCCCn3cc(-c4ccccc4)nn3)nn2)cc1. The Balaban J connectivity index is 1.16. The van der Waals surface area contributed by atoms with E-state index in [0.29, 0.717) is 0 Å². The summed E-state index contributed by atoms with van der Waals surface area (Å²) in [6.45, 7) is 1.81. The molecule has 0 unspecified atom stereocenters. The molecule has 0 spiro atoms. The van der Waals surface area contributed by atoms with Gasteiger partial charge in [0.2, 0.25) is 0 Å². The monoisotopic (exact) mass is 372 g/mol. The molecule has 0 N–H and O–H groups in total. The summed E-state index contributed by atoms with van der Waals surface area (Å²) >= 11 is 0. The minimum Gasteiger partial charge on any atom is -0.252 e. The van der Waals surface area contributed by atoms with Crippen LogP contribution in [0.25, 0.3) is 22.5 Å². The number of aromatic nitrogens is 6. The molecule has 0 bridgehead atoms. The molecule has 0 saturated heterocycles. The van der Waals surface area contributed by atoms with Crippen molar-refractivity contribution in [1.29, 1.82) is 0 Å². The molecular formula is C22H24N6. The van der Waals surface area contributed by atoms with Gasteiger partial charge in [-0.2, -0.15) is 0 Å².